The molecule has 1 amide bonds. The van der Waals surface area contributed by atoms with E-state index in [4.69, 9.17) is 24.7 Å². The van der Waals surface area contributed by atoms with Gasteiger partial charge in [-0.25, -0.2) is 0 Å². The molecule has 0 fully saturated rings. The Hall–Kier alpha value is -4.55. The third kappa shape index (κ3) is 10.2. The van der Waals surface area contributed by atoms with Crippen molar-refractivity contribution in [3.05, 3.63) is 119 Å². The van der Waals surface area contributed by atoms with Gasteiger partial charge in [0.1, 0.15) is 11.5 Å². The molecule has 0 saturated carbocycles. The molecule has 58 heavy (non-hydrogen) atoms. The van der Waals surface area contributed by atoms with E-state index >= 15 is 0 Å². The molecule has 2 aromatic heterocycles. The van der Waals surface area contributed by atoms with Gasteiger partial charge in [0.25, 0.3) is 0 Å². The van der Waals surface area contributed by atoms with Gasteiger partial charge in [-0.05, 0) is 106 Å². The maximum absolute atomic E-state index is 11.9. The molecule has 0 bridgehead atoms. The van der Waals surface area contributed by atoms with Crippen molar-refractivity contribution < 1.29 is 23.7 Å². The molecular weight excluding hydrogens is 829 g/mol. The van der Waals surface area contributed by atoms with Crippen LogP contribution in [-0.2, 0) is 20.7 Å². The van der Waals surface area contributed by atoms with Gasteiger partial charge in [0.05, 0.1) is 13.2 Å². The standard InChI is InChI=1S/C48H49BrN2O5S2/c1-53-26-4-28-55-40-18-13-34-30-36(12-16-38(34)47(40)48-39-17-15-37(49)31-35(39)14-19-41(48)56-29-5-27-54-2)43-21-23-45(58-43)44-22-20-42(57-44)33-10-8-32(9-11-33)6-3-7-46(52)51-25-24-50/h8-23,30-31H,3-7,24-29,50H2,1-2H3,(H,51,52). The highest BCUT2D eigenvalue weighted by atomic mass is 79.9. The molecule has 0 radical (unpaired) electrons. The summed E-state index contributed by atoms with van der Waals surface area (Å²) in [5.74, 6) is 1.70. The number of thiophene rings is 2. The molecule has 3 N–H and O–H groups in total. The van der Waals surface area contributed by atoms with E-state index in [-0.39, 0.29) is 5.91 Å². The topological polar surface area (TPSA) is 92.0 Å². The summed E-state index contributed by atoms with van der Waals surface area (Å²) >= 11 is 7.30. The van der Waals surface area contributed by atoms with Gasteiger partial charge in [0.2, 0.25) is 5.91 Å². The van der Waals surface area contributed by atoms with Crippen LogP contribution in [0.1, 0.15) is 31.2 Å². The second kappa shape index (κ2) is 20.4. The molecule has 300 valence electrons. The molecule has 0 saturated heterocycles. The second-order valence-electron chi connectivity index (χ2n) is 14.1. The predicted octanol–water partition coefficient (Wildman–Crippen LogP) is 11.8. The number of nitrogens with one attached hydrogen (secondary N) is 1. The van der Waals surface area contributed by atoms with Gasteiger partial charge in [0.15, 0.2) is 0 Å². The first-order chi connectivity index (χ1) is 28.4. The summed E-state index contributed by atoms with van der Waals surface area (Å²) in [6.07, 6.45) is 3.77. The van der Waals surface area contributed by atoms with Crippen molar-refractivity contribution in [1.29, 1.82) is 0 Å². The predicted molar refractivity (Wildman–Crippen MR) is 246 cm³/mol. The molecule has 2 heterocycles. The number of fused-ring (bicyclic) bond motifs is 2. The lowest BCUT2D eigenvalue weighted by atomic mass is 9.91. The Bertz CT molecular complexity index is 2460. The zero-order valence-corrected chi connectivity index (χ0v) is 36.2. The molecule has 0 aliphatic carbocycles. The minimum Gasteiger partial charge on any atom is -0.493 e. The molecule has 0 aliphatic heterocycles. The molecule has 10 heteroatoms. The van der Waals surface area contributed by atoms with Gasteiger partial charge in [-0.2, -0.15) is 0 Å². The molecular formula is C48H49BrN2O5S2. The van der Waals surface area contributed by atoms with E-state index in [0.29, 0.717) is 45.9 Å². The highest BCUT2D eigenvalue weighted by Crippen LogP contribution is 2.47. The van der Waals surface area contributed by atoms with Crippen LogP contribution in [0.25, 0.3) is 63.3 Å². The maximum Gasteiger partial charge on any atom is 0.220 e. The fraction of sp³-hybridized carbons (Fsp3) is 0.271. The normalized spacial score (nSPS) is 11.4. The number of nitrogens with two attached hydrogens (primary N) is 1. The first-order valence-electron chi connectivity index (χ1n) is 19.7. The van der Waals surface area contributed by atoms with Crippen molar-refractivity contribution in [3.8, 4) is 53.3 Å². The Kier molecular flexibility index (Phi) is 14.7. The van der Waals surface area contributed by atoms with E-state index in [0.717, 1.165) is 74.3 Å². The number of carbonyl (C=O) groups is 1. The number of amides is 1. The van der Waals surface area contributed by atoms with Gasteiger partial charge in [-0.3, -0.25) is 4.79 Å². The summed E-state index contributed by atoms with van der Waals surface area (Å²) in [6.45, 7) is 3.33. The molecule has 7 aromatic rings. The van der Waals surface area contributed by atoms with Crippen LogP contribution in [0.3, 0.4) is 0 Å². The largest absolute Gasteiger partial charge is 0.493 e. The Balaban J connectivity index is 1.16. The minimum absolute atomic E-state index is 0.0632. The summed E-state index contributed by atoms with van der Waals surface area (Å²) in [5.41, 5.74) is 11.1. The number of ether oxygens (including phenoxy) is 4. The van der Waals surface area contributed by atoms with E-state index in [2.05, 4.69) is 130 Å². The van der Waals surface area contributed by atoms with E-state index in [1.54, 1.807) is 14.2 Å². The smallest absolute Gasteiger partial charge is 0.220 e. The Morgan fingerprint density at radius 1 is 0.621 bits per heavy atom. The van der Waals surface area contributed by atoms with E-state index in [1.165, 1.54) is 36.2 Å². The number of rotatable bonds is 20. The van der Waals surface area contributed by atoms with Crippen LogP contribution >= 0.6 is 38.6 Å². The quantitative estimate of drug-likeness (QED) is 0.0741. The summed E-state index contributed by atoms with van der Waals surface area (Å²) < 4.78 is 24.7. The van der Waals surface area contributed by atoms with Crippen LogP contribution in [-0.4, -0.2) is 59.6 Å². The first kappa shape index (κ1) is 41.6. The average Bonchev–Trinajstić information content (AvgIpc) is 3.94. The van der Waals surface area contributed by atoms with Crippen molar-refractivity contribution >= 4 is 66.1 Å². The van der Waals surface area contributed by atoms with E-state index in [1.807, 2.05) is 22.7 Å². The van der Waals surface area contributed by atoms with Crippen LogP contribution in [0.4, 0.5) is 0 Å². The number of methoxy groups -OCH3 is 2. The van der Waals surface area contributed by atoms with Crippen molar-refractivity contribution in [3.63, 3.8) is 0 Å². The third-order valence-corrected chi connectivity index (χ3v) is 12.9. The summed E-state index contributed by atoms with van der Waals surface area (Å²) in [5, 5.41) is 7.28. The summed E-state index contributed by atoms with van der Waals surface area (Å²) in [7, 11) is 3.43. The fourth-order valence-electron chi connectivity index (χ4n) is 7.11. The summed E-state index contributed by atoms with van der Waals surface area (Å²) in [4.78, 5) is 16.9. The lowest BCUT2D eigenvalue weighted by Crippen LogP contribution is -2.28. The zero-order chi connectivity index (χ0) is 40.3. The number of halogens is 1. The lowest BCUT2D eigenvalue weighted by Gasteiger charge is -2.20. The summed E-state index contributed by atoms with van der Waals surface area (Å²) in [6, 6.07) is 39.2. The van der Waals surface area contributed by atoms with Crippen molar-refractivity contribution in [1.82, 2.24) is 5.32 Å². The number of benzene rings is 5. The van der Waals surface area contributed by atoms with Crippen LogP contribution < -0.4 is 20.5 Å². The van der Waals surface area contributed by atoms with Gasteiger partial charge in [0, 0.05) is 94.9 Å². The third-order valence-electron chi connectivity index (χ3n) is 9.99. The van der Waals surface area contributed by atoms with Crippen LogP contribution in [0.5, 0.6) is 11.5 Å². The van der Waals surface area contributed by atoms with Gasteiger partial charge in [-0.1, -0.05) is 70.5 Å². The van der Waals surface area contributed by atoms with Gasteiger partial charge in [-0.15, -0.1) is 22.7 Å². The number of hydrogen-bond acceptors (Lipinski definition) is 8. The number of carbonyl (C=O) groups excluding carboxylic acids is 1. The van der Waals surface area contributed by atoms with Gasteiger partial charge < -0.3 is 30.0 Å². The Labute approximate surface area is 357 Å². The molecule has 0 spiro atoms. The van der Waals surface area contributed by atoms with Crippen molar-refractivity contribution in [2.24, 2.45) is 5.73 Å². The van der Waals surface area contributed by atoms with Crippen molar-refractivity contribution in [2.45, 2.75) is 32.1 Å². The Morgan fingerprint density at radius 3 is 1.78 bits per heavy atom. The average molecular weight is 878 g/mol. The van der Waals surface area contributed by atoms with Crippen LogP contribution in [0, 0.1) is 0 Å². The van der Waals surface area contributed by atoms with E-state index < -0.39 is 0 Å². The molecule has 0 unspecified atom stereocenters. The van der Waals surface area contributed by atoms with E-state index in [9.17, 15) is 4.79 Å². The van der Waals surface area contributed by atoms with Gasteiger partial charge >= 0.3 is 0 Å². The highest BCUT2D eigenvalue weighted by Gasteiger charge is 2.20. The molecule has 0 aliphatic rings. The zero-order valence-electron chi connectivity index (χ0n) is 33.0. The first-order valence-corrected chi connectivity index (χ1v) is 22.2. The minimum atomic E-state index is 0.0632. The number of aryl methyl sites for hydroxylation is 1. The molecule has 5 aromatic carbocycles. The maximum atomic E-state index is 11.9. The Morgan fingerprint density at radius 2 is 1.17 bits per heavy atom. The fourth-order valence-corrected chi connectivity index (χ4v) is 9.59. The highest BCUT2D eigenvalue weighted by molar-refractivity contribution is 9.10. The number of hydrogen-bond donors (Lipinski definition) is 2. The van der Waals surface area contributed by atoms with Crippen LogP contribution in [0.2, 0.25) is 0 Å². The van der Waals surface area contributed by atoms with Crippen molar-refractivity contribution in [2.75, 3.05) is 53.7 Å². The monoisotopic (exact) mass is 876 g/mol. The molecule has 0 atom stereocenters. The molecule has 7 nitrogen and oxygen atoms in total. The molecule has 7 rings (SSSR count). The SMILES string of the molecule is COCCCOc1ccc2cc(Br)ccc2c1-c1c(OCCCOC)ccc2cc(-c3ccc(-c4ccc(-c5ccc(CCCC(=O)NCCN)cc5)s4)s3)ccc12. The van der Waals surface area contributed by atoms with Crippen LogP contribution in [0.15, 0.2) is 114 Å². The lowest BCUT2D eigenvalue weighted by molar-refractivity contribution is -0.121. The second-order valence-corrected chi connectivity index (χ2v) is 17.2.